The summed E-state index contributed by atoms with van der Waals surface area (Å²) < 4.78 is 10.8. The van der Waals surface area contributed by atoms with Crippen molar-refractivity contribution in [3.63, 3.8) is 0 Å². The van der Waals surface area contributed by atoms with Crippen LogP contribution in [0.1, 0.15) is 35.1 Å². The summed E-state index contributed by atoms with van der Waals surface area (Å²) in [6, 6.07) is 20.5. The zero-order valence-electron chi connectivity index (χ0n) is 18.8. The number of fused-ring (bicyclic) bond motifs is 2. The first-order valence-electron chi connectivity index (χ1n) is 11.3. The van der Waals surface area contributed by atoms with Gasteiger partial charge in [-0.3, -0.25) is 9.98 Å². The lowest BCUT2D eigenvalue weighted by Gasteiger charge is -2.19. The first-order valence-corrected chi connectivity index (χ1v) is 11.3. The summed E-state index contributed by atoms with van der Waals surface area (Å²) in [5.41, 5.74) is 6.90. The Balaban J connectivity index is 1.36. The smallest absolute Gasteiger partial charge is 0.231 e. The molecule has 0 fully saturated rings. The highest BCUT2D eigenvalue weighted by molar-refractivity contribution is 5.98. The van der Waals surface area contributed by atoms with Gasteiger partial charge in [-0.1, -0.05) is 48.6 Å². The number of rotatable bonds is 5. The molecule has 2 heterocycles. The maximum absolute atomic E-state index is 5.46. The van der Waals surface area contributed by atoms with Crippen molar-refractivity contribution in [1.29, 1.82) is 0 Å². The molecular formula is C28H27N3O2. The van der Waals surface area contributed by atoms with Gasteiger partial charge >= 0.3 is 0 Å². The van der Waals surface area contributed by atoms with Crippen LogP contribution in [0.4, 0.5) is 11.4 Å². The summed E-state index contributed by atoms with van der Waals surface area (Å²) in [5, 5.41) is 3.60. The molecule has 33 heavy (non-hydrogen) atoms. The van der Waals surface area contributed by atoms with Gasteiger partial charge in [0, 0.05) is 36.4 Å². The molecule has 0 unspecified atom stereocenters. The molecule has 3 aromatic rings. The molecule has 0 bridgehead atoms. The monoisotopic (exact) mass is 437 g/mol. The molecular weight excluding hydrogens is 410 g/mol. The van der Waals surface area contributed by atoms with Crippen molar-refractivity contribution < 1.29 is 9.47 Å². The zero-order valence-corrected chi connectivity index (χ0v) is 18.8. The average molecular weight is 438 g/mol. The number of hydrogen-bond donors (Lipinski definition) is 1. The maximum Gasteiger partial charge on any atom is 0.231 e. The van der Waals surface area contributed by atoms with Gasteiger partial charge < -0.3 is 14.8 Å². The standard InChI is InChI=1S/C28H27N3O2/c1-20-11-13-25-24(9-5-6-10-28(31-25)30-18-21-7-3-2-4-8-21)23(20)15-16-29-22-12-14-26-27(17-22)33-19-32-26/h2-5,7-9,11-14,16-17H,6,10,15,18-19H2,1H3,(H,30,31). The van der Waals surface area contributed by atoms with Crippen molar-refractivity contribution >= 4 is 29.5 Å². The predicted molar refractivity (Wildman–Crippen MR) is 135 cm³/mol. The van der Waals surface area contributed by atoms with E-state index in [0.717, 1.165) is 48.0 Å². The molecule has 0 spiro atoms. The number of nitrogens with one attached hydrogen (secondary N) is 1. The molecule has 2 aliphatic rings. The first-order chi connectivity index (χ1) is 16.3. The van der Waals surface area contributed by atoms with Crippen molar-refractivity contribution in [3.05, 3.63) is 89.0 Å². The van der Waals surface area contributed by atoms with E-state index in [9.17, 15) is 0 Å². The van der Waals surface area contributed by atoms with Gasteiger partial charge in [0.05, 0.1) is 12.2 Å². The van der Waals surface area contributed by atoms with Crippen molar-refractivity contribution in [2.24, 2.45) is 9.98 Å². The Kier molecular flexibility index (Phi) is 6.20. The number of allylic oxidation sites excluding steroid dienone is 1. The number of aliphatic imine (C=N–C) groups is 2. The number of ether oxygens (including phenoxy) is 2. The number of benzene rings is 3. The van der Waals surface area contributed by atoms with Crippen LogP contribution in [0.25, 0.3) is 6.08 Å². The molecule has 0 aromatic heterocycles. The molecule has 0 atom stereocenters. The third-order valence-corrected chi connectivity index (χ3v) is 5.89. The van der Waals surface area contributed by atoms with Crippen LogP contribution in [0.5, 0.6) is 11.5 Å². The third kappa shape index (κ3) is 4.98. The number of amidine groups is 1. The van der Waals surface area contributed by atoms with E-state index in [1.54, 1.807) is 0 Å². The van der Waals surface area contributed by atoms with Gasteiger partial charge in [0.1, 0.15) is 5.84 Å². The fourth-order valence-electron chi connectivity index (χ4n) is 4.08. The Morgan fingerprint density at radius 2 is 1.88 bits per heavy atom. The second kappa shape index (κ2) is 9.74. The van der Waals surface area contributed by atoms with Crippen molar-refractivity contribution in [2.45, 2.75) is 32.7 Å². The van der Waals surface area contributed by atoms with Crippen LogP contribution in [-0.4, -0.2) is 18.8 Å². The van der Waals surface area contributed by atoms with Gasteiger partial charge in [0.25, 0.3) is 0 Å². The number of nitrogens with zero attached hydrogens (tertiary/aromatic N) is 2. The SMILES string of the molecule is Cc1ccc2c(c1CC=Nc1ccc3c(c1)OCO3)C=CCCC(=NCc1ccccc1)N2. The van der Waals surface area contributed by atoms with Gasteiger partial charge in [-0.15, -0.1) is 0 Å². The van der Waals surface area contributed by atoms with Crippen LogP contribution in [0.15, 0.2) is 76.7 Å². The average Bonchev–Trinajstić information content (AvgIpc) is 3.29. The highest BCUT2D eigenvalue weighted by atomic mass is 16.7. The molecule has 2 aliphatic heterocycles. The maximum atomic E-state index is 5.46. The van der Waals surface area contributed by atoms with Gasteiger partial charge in [-0.05, 0) is 48.2 Å². The lowest BCUT2D eigenvalue weighted by Crippen LogP contribution is -2.15. The molecule has 0 radical (unpaired) electrons. The normalized spacial score (nSPS) is 15.8. The van der Waals surface area contributed by atoms with Crippen LogP contribution in [-0.2, 0) is 13.0 Å². The topological polar surface area (TPSA) is 55.2 Å². The second-order valence-electron chi connectivity index (χ2n) is 8.19. The van der Waals surface area contributed by atoms with Gasteiger partial charge in [-0.2, -0.15) is 0 Å². The largest absolute Gasteiger partial charge is 0.454 e. The molecule has 1 N–H and O–H groups in total. The van der Waals surface area contributed by atoms with Crippen LogP contribution in [0, 0.1) is 6.92 Å². The van der Waals surface area contributed by atoms with Crippen LogP contribution in [0.2, 0.25) is 0 Å². The molecule has 0 saturated heterocycles. The summed E-state index contributed by atoms with van der Waals surface area (Å²) in [6.07, 6.45) is 9.04. The quantitative estimate of drug-likeness (QED) is 0.464. The lowest BCUT2D eigenvalue weighted by molar-refractivity contribution is 0.174. The number of hydrogen-bond acceptors (Lipinski definition) is 4. The van der Waals surface area contributed by atoms with Crippen molar-refractivity contribution in [1.82, 2.24) is 0 Å². The van der Waals surface area contributed by atoms with E-state index in [4.69, 9.17) is 14.5 Å². The van der Waals surface area contributed by atoms with Gasteiger partial charge in [-0.25, -0.2) is 0 Å². The minimum Gasteiger partial charge on any atom is -0.454 e. The highest BCUT2D eigenvalue weighted by Gasteiger charge is 2.14. The Hall–Kier alpha value is -3.86. The van der Waals surface area contributed by atoms with Crippen molar-refractivity contribution in [3.8, 4) is 11.5 Å². The van der Waals surface area contributed by atoms with E-state index < -0.39 is 0 Å². The molecule has 0 amide bonds. The Labute approximate surface area is 194 Å². The molecule has 5 nitrogen and oxygen atoms in total. The zero-order chi connectivity index (χ0) is 22.5. The Bertz CT molecular complexity index is 1230. The lowest BCUT2D eigenvalue weighted by atomic mass is 9.96. The number of anilines is 1. The van der Waals surface area contributed by atoms with Crippen LogP contribution < -0.4 is 14.8 Å². The van der Waals surface area contributed by atoms with E-state index in [1.807, 2.05) is 30.5 Å². The summed E-state index contributed by atoms with van der Waals surface area (Å²) in [4.78, 5) is 9.52. The molecule has 0 aliphatic carbocycles. The van der Waals surface area contributed by atoms with E-state index >= 15 is 0 Å². The Morgan fingerprint density at radius 3 is 2.79 bits per heavy atom. The molecule has 166 valence electrons. The first kappa shape index (κ1) is 21.0. The summed E-state index contributed by atoms with van der Waals surface area (Å²) in [5.74, 6) is 2.54. The molecule has 5 heteroatoms. The van der Waals surface area contributed by atoms with Gasteiger partial charge in [0.2, 0.25) is 6.79 Å². The summed E-state index contributed by atoms with van der Waals surface area (Å²) >= 11 is 0. The molecule has 5 rings (SSSR count). The highest BCUT2D eigenvalue weighted by Crippen LogP contribution is 2.35. The van der Waals surface area contributed by atoms with E-state index in [1.165, 1.54) is 22.3 Å². The predicted octanol–water partition coefficient (Wildman–Crippen LogP) is 6.49. The van der Waals surface area contributed by atoms with E-state index in [0.29, 0.717) is 6.54 Å². The minimum atomic E-state index is 0.272. The third-order valence-electron chi connectivity index (χ3n) is 5.89. The Morgan fingerprint density at radius 1 is 1.00 bits per heavy atom. The van der Waals surface area contributed by atoms with Gasteiger partial charge in [0.15, 0.2) is 11.5 Å². The summed E-state index contributed by atoms with van der Waals surface area (Å²) in [7, 11) is 0. The number of aryl methyl sites for hydroxylation is 1. The fraction of sp³-hybridized carbons (Fsp3) is 0.214. The molecule has 0 saturated carbocycles. The minimum absolute atomic E-state index is 0.272. The van der Waals surface area contributed by atoms with E-state index in [2.05, 4.69) is 65.8 Å². The van der Waals surface area contributed by atoms with E-state index in [-0.39, 0.29) is 6.79 Å². The van der Waals surface area contributed by atoms with Crippen LogP contribution >= 0.6 is 0 Å². The van der Waals surface area contributed by atoms with Crippen molar-refractivity contribution in [2.75, 3.05) is 12.1 Å². The second-order valence-corrected chi connectivity index (χ2v) is 8.19. The fourth-order valence-corrected chi connectivity index (χ4v) is 4.08. The molecule has 3 aromatic carbocycles. The summed E-state index contributed by atoms with van der Waals surface area (Å²) in [6.45, 7) is 3.11. The van der Waals surface area contributed by atoms with Crippen LogP contribution in [0.3, 0.4) is 0 Å².